The van der Waals surface area contributed by atoms with Gasteiger partial charge in [-0.15, -0.1) is 11.6 Å². The van der Waals surface area contributed by atoms with Gasteiger partial charge in [-0.2, -0.15) is 0 Å². The number of rotatable bonds is 2. The molecule has 1 aromatic rings. The number of benzene rings is 1. The molecule has 1 nitrogen and oxygen atoms in total. The summed E-state index contributed by atoms with van der Waals surface area (Å²) in [5.74, 6) is 0.962. The summed E-state index contributed by atoms with van der Waals surface area (Å²) < 4.78 is 0. The second-order valence-electron chi connectivity index (χ2n) is 4.08. The van der Waals surface area contributed by atoms with Gasteiger partial charge in [0.15, 0.2) is 0 Å². The van der Waals surface area contributed by atoms with Crippen molar-refractivity contribution in [2.75, 3.05) is 0 Å². The Bertz CT molecular complexity index is 294. The predicted octanol–water partition coefficient (Wildman–Crippen LogP) is 3.34. The van der Waals surface area contributed by atoms with E-state index >= 15 is 0 Å². The lowest BCUT2D eigenvalue weighted by atomic mass is 9.98. The lowest BCUT2D eigenvalue weighted by Crippen LogP contribution is -2.09. The van der Waals surface area contributed by atoms with Gasteiger partial charge in [0.25, 0.3) is 0 Å². The minimum Gasteiger partial charge on any atom is -0.508 e. The van der Waals surface area contributed by atoms with Gasteiger partial charge in [0.05, 0.1) is 0 Å². The van der Waals surface area contributed by atoms with Gasteiger partial charge >= 0.3 is 0 Å². The summed E-state index contributed by atoms with van der Waals surface area (Å²) >= 11 is 6.21. The second-order valence-corrected chi connectivity index (χ2v) is 4.64. The van der Waals surface area contributed by atoms with Gasteiger partial charge in [0.1, 0.15) is 5.75 Å². The Morgan fingerprint density at radius 2 is 1.93 bits per heavy atom. The summed E-state index contributed by atoms with van der Waals surface area (Å²) in [7, 11) is 0. The Morgan fingerprint density at radius 1 is 1.21 bits per heavy atom. The third-order valence-electron chi connectivity index (χ3n) is 3.00. The smallest absolute Gasteiger partial charge is 0.115 e. The van der Waals surface area contributed by atoms with Crippen molar-refractivity contribution in [2.24, 2.45) is 5.92 Å². The van der Waals surface area contributed by atoms with Gasteiger partial charge in [-0.05, 0) is 42.9 Å². The lowest BCUT2D eigenvalue weighted by molar-refractivity contribution is 0.474. The molecule has 1 saturated carbocycles. The van der Waals surface area contributed by atoms with Crippen LogP contribution in [-0.4, -0.2) is 10.5 Å². The zero-order valence-corrected chi connectivity index (χ0v) is 8.87. The molecule has 2 atom stereocenters. The maximum Gasteiger partial charge on any atom is 0.115 e. The largest absolute Gasteiger partial charge is 0.508 e. The first-order valence-electron chi connectivity index (χ1n) is 5.17. The zero-order chi connectivity index (χ0) is 9.97. The number of hydrogen-bond donors (Lipinski definition) is 1. The topological polar surface area (TPSA) is 20.2 Å². The lowest BCUT2D eigenvalue weighted by Gasteiger charge is -2.13. The molecular formula is C12H15ClO. The van der Waals surface area contributed by atoms with E-state index in [9.17, 15) is 0 Å². The highest BCUT2D eigenvalue weighted by Gasteiger charge is 2.25. The van der Waals surface area contributed by atoms with Crippen LogP contribution in [0.4, 0.5) is 0 Å². The average Bonchev–Trinajstić information content (AvgIpc) is 2.56. The molecule has 2 heteroatoms. The van der Waals surface area contributed by atoms with E-state index in [1.54, 1.807) is 12.1 Å². The van der Waals surface area contributed by atoms with Crippen LogP contribution in [0, 0.1) is 5.92 Å². The van der Waals surface area contributed by atoms with Crippen molar-refractivity contribution in [1.29, 1.82) is 0 Å². The molecular weight excluding hydrogens is 196 g/mol. The normalized spacial score (nSPS) is 26.6. The summed E-state index contributed by atoms with van der Waals surface area (Å²) in [6.45, 7) is 0. The maximum absolute atomic E-state index is 9.14. The van der Waals surface area contributed by atoms with Crippen molar-refractivity contribution in [3.63, 3.8) is 0 Å². The number of alkyl halides is 1. The summed E-state index contributed by atoms with van der Waals surface area (Å²) in [5.41, 5.74) is 1.28. The highest BCUT2D eigenvalue weighted by Crippen LogP contribution is 2.32. The van der Waals surface area contributed by atoms with Crippen molar-refractivity contribution in [3.05, 3.63) is 29.8 Å². The van der Waals surface area contributed by atoms with Crippen molar-refractivity contribution >= 4 is 11.6 Å². The molecule has 76 valence electrons. The molecule has 0 amide bonds. The molecule has 2 rings (SSSR count). The molecule has 14 heavy (non-hydrogen) atoms. The summed E-state index contributed by atoms with van der Waals surface area (Å²) in [6.07, 6.45) is 4.71. The standard InChI is InChI=1S/C12H15ClO/c13-12-3-1-2-10(12)8-9-4-6-11(14)7-5-9/h4-7,10,12,14H,1-3,8H2. The first kappa shape index (κ1) is 9.85. The maximum atomic E-state index is 9.14. The number of hydrogen-bond acceptors (Lipinski definition) is 1. The molecule has 0 bridgehead atoms. The first-order valence-corrected chi connectivity index (χ1v) is 5.61. The van der Waals surface area contributed by atoms with E-state index in [1.807, 2.05) is 12.1 Å². The van der Waals surface area contributed by atoms with E-state index < -0.39 is 0 Å². The van der Waals surface area contributed by atoms with Crippen LogP contribution < -0.4 is 0 Å². The summed E-state index contributed by atoms with van der Waals surface area (Å²) in [5, 5.41) is 9.49. The third kappa shape index (κ3) is 2.21. The highest BCUT2D eigenvalue weighted by molar-refractivity contribution is 6.20. The number of halogens is 1. The van der Waals surface area contributed by atoms with Crippen LogP contribution in [0.25, 0.3) is 0 Å². The molecule has 0 saturated heterocycles. The number of phenolic OH excluding ortho intramolecular Hbond substituents is 1. The Labute approximate surface area is 89.7 Å². The van der Waals surface area contributed by atoms with Gasteiger partial charge in [0.2, 0.25) is 0 Å². The quantitative estimate of drug-likeness (QED) is 0.743. The van der Waals surface area contributed by atoms with Gasteiger partial charge in [-0.3, -0.25) is 0 Å². The molecule has 1 aliphatic rings. The van der Waals surface area contributed by atoms with Crippen molar-refractivity contribution in [3.8, 4) is 5.75 Å². The summed E-state index contributed by atoms with van der Waals surface area (Å²) in [6, 6.07) is 7.45. The molecule has 0 aliphatic heterocycles. The van der Waals surface area contributed by atoms with Crippen LogP contribution in [0.3, 0.4) is 0 Å². The predicted molar refractivity (Wildman–Crippen MR) is 58.8 cm³/mol. The molecule has 2 unspecified atom stereocenters. The fourth-order valence-corrected chi connectivity index (χ4v) is 2.53. The molecule has 1 N–H and O–H groups in total. The molecule has 0 radical (unpaired) electrons. The zero-order valence-electron chi connectivity index (χ0n) is 8.12. The fourth-order valence-electron chi connectivity index (χ4n) is 2.16. The van der Waals surface area contributed by atoms with Gasteiger partial charge in [-0.1, -0.05) is 18.6 Å². The Kier molecular flexibility index (Phi) is 2.97. The number of aromatic hydroxyl groups is 1. The van der Waals surface area contributed by atoms with E-state index in [0.29, 0.717) is 17.0 Å². The molecule has 1 aliphatic carbocycles. The monoisotopic (exact) mass is 210 g/mol. The van der Waals surface area contributed by atoms with Gasteiger partial charge in [0, 0.05) is 5.38 Å². The molecule has 1 fully saturated rings. The molecule has 1 aromatic carbocycles. The SMILES string of the molecule is Oc1ccc(CC2CCCC2Cl)cc1. The summed E-state index contributed by atoms with van der Waals surface area (Å²) in [4.78, 5) is 0. The molecule has 0 spiro atoms. The van der Waals surface area contributed by atoms with Crippen LogP contribution >= 0.6 is 11.6 Å². The fraction of sp³-hybridized carbons (Fsp3) is 0.500. The Morgan fingerprint density at radius 3 is 2.50 bits per heavy atom. The minimum atomic E-state index is 0.336. The number of phenols is 1. The Hall–Kier alpha value is -0.690. The van der Waals surface area contributed by atoms with Crippen LogP contribution in [0.1, 0.15) is 24.8 Å². The first-order chi connectivity index (χ1) is 6.75. The van der Waals surface area contributed by atoms with Crippen molar-refractivity contribution < 1.29 is 5.11 Å². The van der Waals surface area contributed by atoms with Crippen molar-refractivity contribution in [1.82, 2.24) is 0 Å². The third-order valence-corrected chi connectivity index (χ3v) is 3.58. The minimum absolute atomic E-state index is 0.336. The molecule has 0 heterocycles. The van der Waals surface area contributed by atoms with Crippen LogP contribution in [0.5, 0.6) is 5.75 Å². The van der Waals surface area contributed by atoms with E-state index in [-0.39, 0.29) is 0 Å². The molecule has 0 aromatic heterocycles. The highest BCUT2D eigenvalue weighted by atomic mass is 35.5. The van der Waals surface area contributed by atoms with E-state index in [2.05, 4.69) is 0 Å². The Balaban J connectivity index is 2.00. The van der Waals surface area contributed by atoms with Crippen LogP contribution in [-0.2, 0) is 6.42 Å². The van der Waals surface area contributed by atoms with Crippen LogP contribution in [0.15, 0.2) is 24.3 Å². The van der Waals surface area contributed by atoms with E-state index in [1.165, 1.54) is 18.4 Å². The van der Waals surface area contributed by atoms with Crippen LogP contribution in [0.2, 0.25) is 0 Å². The average molecular weight is 211 g/mol. The van der Waals surface area contributed by atoms with E-state index in [4.69, 9.17) is 16.7 Å². The van der Waals surface area contributed by atoms with Gasteiger partial charge < -0.3 is 5.11 Å². The van der Waals surface area contributed by atoms with Crippen molar-refractivity contribution in [2.45, 2.75) is 31.1 Å². The van der Waals surface area contributed by atoms with E-state index in [0.717, 1.165) is 12.8 Å². The second kappa shape index (κ2) is 4.22. The van der Waals surface area contributed by atoms with Gasteiger partial charge in [-0.25, -0.2) is 0 Å².